The van der Waals surface area contributed by atoms with Crippen molar-refractivity contribution in [2.45, 2.75) is 6.92 Å². The average molecular weight is 379 g/mol. The fraction of sp³-hybridized carbons (Fsp3) is 0.182. The molecule has 0 heterocycles. The SMILES string of the molecule is C=CC(=O)OCCNC(=O)Oc1c2ccccc2c(OCC)c2ccccc12. The van der Waals surface area contributed by atoms with E-state index in [0.717, 1.165) is 33.4 Å². The molecule has 0 saturated carbocycles. The second-order valence-corrected chi connectivity index (χ2v) is 5.87. The first kappa shape index (κ1) is 19.2. The van der Waals surface area contributed by atoms with Crippen LogP contribution in [0.1, 0.15) is 6.92 Å². The van der Waals surface area contributed by atoms with Gasteiger partial charge in [0.25, 0.3) is 0 Å². The largest absolute Gasteiger partial charge is 0.493 e. The van der Waals surface area contributed by atoms with Crippen LogP contribution in [-0.2, 0) is 9.53 Å². The average Bonchev–Trinajstić information content (AvgIpc) is 2.73. The molecule has 1 amide bonds. The summed E-state index contributed by atoms with van der Waals surface area (Å²) in [7, 11) is 0. The molecule has 1 N–H and O–H groups in total. The van der Waals surface area contributed by atoms with Crippen molar-refractivity contribution >= 4 is 33.6 Å². The van der Waals surface area contributed by atoms with Crippen LogP contribution in [0.2, 0.25) is 0 Å². The van der Waals surface area contributed by atoms with Crippen LogP contribution in [0.5, 0.6) is 11.5 Å². The van der Waals surface area contributed by atoms with Gasteiger partial charge in [-0.15, -0.1) is 0 Å². The Morgan fingerprint density at radius 1 is 0.964 bits per heavy atom. The summed E-state index contributed by atoms with van der Waals surface area (Å²) in [5.74, 6) is 0.673. The molecule has 3 rings (SSSR count). The summed E-state index contributed by atoms with van der Waals surface area (Å²) in [6, 6.07) is 15.2. The summed E-state index contributed by atoms with van der Waals surface area (Å²) < 4.78 is 16.4. The van der Waals surface area contributed by atoms with Crippen molar-refractivity contribution in [1.82, 2.24) is 5.32 Å². The van der Waals surface area contributed by atoms with E-state index in [4.69, 9.17) is 14.2 Å². The quantitative estimate of drug-likeness (QED) is 0.288. The van der Waals surface area contributed by atoms with Gasteiger partial charge in [0, 0.05) is 27.6 Å². The van der Waals surface area contributed by atoms with E-state index in [-0.39, 0.29) is 13.2 Å². The number of benzene rings is 3. The van der Waals surface area contributed by atoms with Crippen LogP contribution in [-0.4, -0.2) is 31.8 Å². The van der Waals surface area contributed by atoms with Crippen molar-refractivity contribution < 1.29 is 23.8 Å². The fourth-order valence-corrected chi connectivity index (χ4v) is 2.95. The Hall–Kier alpha value is -3.54. The molecule has 0 saturated heterocycles. The number of nitrogens with one attached hydrogen (secondary N) is 1. The van der Waals surface area contributed by atoms with Gasteiger partial charge >= 0.3 is 12.1 Å². The number of fused-ring (bicyclic) bond motifs is 2. The second kappa shape index (κ2) is 8.90. The molecule has 0 unspecified atom stereocenters. The summed E-state index contributed by atoms with van der Waals surface area (Å²) in [6.07, 6.45) is 0.436. The summed E-state index contributed by atoms with van der Waals surface area (Å²) in [5.41, 5.74) is 0. The number of carbonyl (C=O) groups is 2. The molecule has 0 aromatic heterocycles. The Morgan fingerprint density at radius 2 is 1.50 bits per heavy atom. The van der Waals surface area contributed by atoms with E-state index in [1.807, 2.05) is 55.5 Å². The molecule has 0 bridgehead atoms. The topological polar surface area (TPSA) is 73.9 Å². The van der Waals surface area contributed by atoms with Crippen LogP contribution >= 0.6 is 0 Å². The third kappa shape index (κ3) is 4.06. The molecule has 28 heavy (non-hydrogen) atoms. The van der Waals surface area contributed by atoms with Gasteiger partial charge in [0.2, 0.25) is 0 Å². The number of esters is 1. The van der Waals surface area contributed by atoms with Crippen molar-refractivity contribution in [1.29, 1.82) is 0 Å². The smallest absolute Gasteiger partial charge is 0.412 e. The van der Waals surface area contributed by atoms with Gasteiger partial charge in [0.15, 0.2) is 0 Å². The van der Waals surface area contributed by atoms with E-state index in [2.05, 4.69) is 11.9 Å². The highest BCUT2D eigenvalue weighted by Gasteiger charge is 2.17. The van der Waals surface area contributed by atoms with Crippen molar-refractivity contribution in [3.63, 3.8) is 0 Å². The van der Waals surface area contributed by atoms with Crippen molar-refractivity contribution in [2.75, 3.05) is 19.8 Å². The van der Waals surface area contributed by atoms with E-state index < -0.39 is 12.1 Å². The van der Waals surface area contributed by atoms with E-state index in [1.165, 1.54) is 0 Å². The van der Waals surface area contributed by atoms with E-state index in [0.29, 0.717) is 12.4 Å². The zero-order chi connectivity index (χ0) is 19.9. The first-order chi connectivity index (χ1) is 13.7. The Labute approximate surface area is 162 Å². The number of amides is 1. The van der Waals surface area contributed by atoms with E-state index in [9.17, 15) is 9.59 Å². The standard InChI is InChI=1S/C22H21NO5/c1-3-19(24)27-14-13-23-22(25)28-21-17-11-7-5-9-15(17)20(26-4-2)16-10-6-8-12-18(16)21/h3,5-12H,1,4,13-14H2,2H3,(H,23,25). The second-order valence-electron chi connectivity index (χ2n) is 5.87. The highest BCUT2D eigenvalue weighted by atomic mass is 16.6. The predicted octanol–water partition coefficient (Wildman–Crippen LogP) is 4.21. The molecule has 0 radical (unpaired) electrons. The number of ether oxygens (including phenoxy) is 3. The zero-order valence-electron chi connectivity index (χ0n) is 15.6. The lowest BCUT2D eigenvalue weighted by Gasteiger charge is -2.16. The summed E-state index contributed by atoms with van der Waals surface area (Å²) in [6.45, 7) is 5.93. The first-order valence-electron chi connectivity index (χ1n) is 8.96. The molecule has 6 heteroatoms. The van der Waals surface area contributed by atoms with Gasteiger partial charge in [-0.05, 0) is 6.92 Å². The van der Waals surface area contributed by atoms with Gasteiger partial charge in [0.1, 0.15) is 18.1 Å². The van der Waals surface area contributed by atoms with Crippen LogP contribution in [0.15, 0.2) is 61.2 Å². The van der Waals surface area contributed by atoms with E-state index in [1.54, 1.807) is 0 Å². The maximum atomic E-state index is 12.3. The van der Waals surface area contributed by atoms with Gasteiger partial charge in [-0.1, -0.05) is 55.1 Å². The minimum absolute atomic E-state index is 0.0325. The number of carbonyl (C=O) groups excluding carboxylic acids is 2. The molecule has 0 fully saturated rings. The maximum absolute atomic E-state index is 12.3. The minimum Gasteiger partial charge on any atom is -0.493 e. The molecule has 144 valence electrons. The normalized spacial score (nSPS) is 10.5. The first-order valence-corrected chi connectivity index (χ1v) is 8.96. The van der Waals surface area contributed by atoms with Crippen molar-refractivity contribution in [3.8, 4) is 11.5 Å². The van der Waals surface area contributed by atoms with E-state index >= 15 is 0 Å². The molecular weight excluding hydrogens is 358 g/mol. The van der Waals surface area contributed by atoms with Crippen molar-refractivity contribution in [2.24, 2.45) is 0 Å². The molecule has 0 aliphatic heterocycles. The van der Waals surface area contributed by atoms with Gasteiger partial charge in [-0.3, -0.25) is 0 Å². The lowest BCUT2D eigenvalue weighted by atomic mass is 10.0. The molecule has 0 atom stereocenters. The van der Waals surface area contributed by atoms with Crippen LogP contribution < -0.4 is 14.8 Å². The van der Waals surface area contributed by atoms with Crippen LogP contribution in [0.4, 0.5) is 4.79 Å². The third-order valence-corrected chi connectivity index (χ3v) is 4.10. The summed E-state index contributed by atoms with van der Waals surface area (Å²) in [4.78, 5) is 23.3. The van der Waals surface area contributed by atoms with Gasteiger partial charge in [-0.2, -0.15) is 0 Å². The fourth-order valence-electron chi connectivity index (χ4n) is 2.95. The lowest BCUT2D eigenvalue weighted by molar-refractivity contribution is -0.137. The molecule has 3 aromatic carbocycles. The minimum atomic E-state index is -0.630. The number of hydrogen-bond donors (Lipinski definition) is 1. The summed E-state index contributed by atoms with van der Waals surface area (Å²) >= 11 is 0. The molecule has 0 aliphatic rings. The van der Waals surface area contributed by atoms with Gasteiger partial charge < -0.3 is 19.5 Å². The van der Waals surface area contributed by atoms with Crippen LogP contribution in [0, 0.1) is 0 Å². The highest BCUT2D eigenvalue weighted by Crippen LogP contribution is 2.42. The van der Waals surface area contributed by atoms with Gasteiger partial charge in [-0.25, -0.2) is 9.59 Å². The third-order valence-electron chi connectivity index (χ3n) is 4.10. The molecule has 0 spiro atoms. The Kier molecular flexibility index (Phi) is 6.11. The highest BCUT2D eigenvalue weighted by molar-refractivity contribution is 6.11. The molecular formula is C22H21NO5. The number of hydrogen-bond acceptors (Lipinski definition) is 5. The monoisotopic (exact) mass is 379 g/mol. The molecule has 0 aliphatic carbocycles. The number of rotatable bonds is 7. The Balaban J connectivity index is 1.92. The van der Waals surface area contributed by atoms with Gasteiger partial charge in [0.05, 0.1) is 13.2 Å². The Bertz CT molecular complexity index is 971. The summed E-state index contributed by atoms with van der Waals surface area (Å²) in [5, 5.41) is 5.86. The lowest BCUT2D eigenvalue weighted by Crippen LogP contribution is -2.30. The molecule has 3 aromatic rings. The molecule has 6 nitrogen and oxygen atoms in total. The Morgan fingerprint density at radius 3 is 2.00 bits per heavy atom. The predicted molar refractivity (Wildman–Crippen MR) is 108 cm³/mol. The maximum Gasteiger partial charge on any atom is 0.412 e. The van der Waals surface area contributed by atoms with Crippen molar-refractivity contribution in [3.05, 3.63) is 61.2 Å². The van der Waals surface area contributed by atoms with Crippen LogP contribution in [0.25, 0.3) is 21.5 Å². The zero-order valence-corrected chi connectivity index (χ0v) is 15.6. The van der Waals surface area contributed by atoms with Crippen LogP contribution in [0.3, 0.4) is 0 Å².